The smallest absolute Gasteiger partial charge is 0.254 e. The molecule has 138 valence electrons. The lowest BCUT2D eigenvalue weighted by molar-refractivity contribution is 0.0633. The topological polar surface area (TPSA) is 51.5 Å². The number of carbonyl (C=O) groups excluding carboxylic acids is 1. The predicted octanol–water partition coefficient (Wildman–Crippen LogP) is 3.11. The van der Waals surface area contributed by atoms with Crippen LogP contribution in [0.25, 0.3) is 0 Å². The molecule has 0 saturated carbocycles. The number of piperidine rings is 1. The van der Waals surface area contributed by atoms with Gasteiger partial charge in [-0.05, 0) is 50.5 Å². The summed E-state index contributed by atoms with van der Waals surface area (Å²) in [6.45, 7) is 6.56. The Hall–Kier alpha value is -2.56. The number of ether oxygens (including phenoxy) is 1. The van der Waals surface area contributed by atoms with E-state index in [4.69, 9.17) is 4.74 Å². The highest BCUT2D eigenvalue weighted by atomic mass is 16.5. The summed E-state index contributed by atoms with van der Waals surface area (Å²) >= 11 is 0. The van der Waals surface area contributed by atoms with E-state index in [9.17, 15) is 9.59 Å². The van der Waals surface area contributed by atoms with Crippen LogP contribution in [0.1, 0.15) is 35.7 Å². The molecule has 1 atom stereocenters. The normalized spacial score (nSPS) is 17.2. The maximum atomic E-state index is 12.8. The minimum absolute atomic E-state index is 0.0643. The Balaban J connectivity index is 1.61. The average Bonchev–Trinajstić information content (AvgIpc) is 2.66. The van der Waals surface area contributed by atoms with Gasteiger partial charge in [0.15, 0.2) is 0 Å². The van der Waals surface area contributed by atoms with Crippen LogP contribution in [0.15, 0.2) is 47.4 Å². The van der Waals surface area contributed by atoms with Gasteiger partial charge in [0.2, 0.25) is 0 Å². The first-order chi connectivity index (χ1) is 12.6. The minimum atomic E-state index is -0.130. The van der Waals surface area contributed by atoms with Crippen molar-refractivity contribution in [2.75, 3.05) is 19.7 Å². The van der Waals surface area contributed by atoms with E-state index in [1.807, 2.05) is 43.0 Å². The molecule has 0 spiro atoms. The monoisotopic (exact) mass is 354 g/mol. The van der Waals surface area contributed by atoms with Crippen LogP contribution in [0.2, 0.25) is 0 Å². The Morgan fingerprint density at radius 2 is 2.12 bits per heavy atom. The van der Waals surface area contributed by atoms with Gasteiger partial charge in [0, 0.05) is 43.4 Å². The molecule has 5 heteroatoms. The van der Waals surface area contributed by atoms with E-state index in [2.05, 4.69) is 0 Å². The highest BCUT2D eigenvalue weighted by Gasteiger charge is 2.25. The van der Waals surface area contributed by atoms with E-state index in [0.29, 0.717) is 31.2 Å². The van der Waals surface area contributed by atoms with Crippen molar-refractivity contribution < 1.29 is 9.53 Å². The van der Waals surface area contributed by atoms with Crippen molar-refractivity contribution in [3.8, 4) is 5.75 Å². The van der Waals surface area contributed by atoms with Crippen LogP contribution < -0.4 is 10.3 Å². The van der Waals surface area contributed by atoms with Crippen molar-refractivity contribution in [3.05, 3.63) is 64.1 Å². The molecule has 0 aliphatic carbocycles. The van der Waals surface area contributed by atoms with Crippen LogP contribution in [0, 0.1) is 12.8 Å². The Kier molecular flexibility index (Phi) is 5.76. The van der Waals surface area contributed by atoms with Crippen molar-refractivity contribution in [2.45, 2.75) is 33.2 Å². The number of amides is 1. The molecule has 1 aromatic carbocycles. The summed E-state index contributed by atoms with van der Waals surface area (Å²) < 4.78 is 7.51. The van der Waals surface area contributed by atoms with Crippen molar-refractivity contribution in [3.63, 3.8) is 0 Å². The van der Waals surface area contributed by atoms with Gasteiger partial charge >= 0.3 is 0 Å². The zero-order valence-electron chi connectivity index (χ0n) is 15.5. The van der Waals surface area contributed by atoms with Gasteiger partial charge < -0.3 is 14.2 Å². The second-order valence-electron chi connectivity index (χ2n) is 6.93. The fraction of sp³-hybridized carbons (Fsp3) is 0.429. The number of likely N-dealkylation sites (tertiary alicyclic amines) is 1. The van der Waals surface area contributed by atoms with E-state index in [-0.39, 0.29) is 11.5 Å². The average molecular weight is 354 g/mol. The standard InChI is InChI=1S/C21H26N2O3/c1-3-22-11-9-18(13-20(22)24)21(25)23-10-5-7-17(14-23)15-26-19-8-4-6-16(2)12-19/h4,6,8-9,11-13,17H,3,5,7,10,14-15H2,1-2H3/t17-/m0/s1. The molecule has 1 aromatic heterocycles. The Morgan fingerprint density at radius 1 is 1.27 bits per heavy atom. The van der Waals surface area contributed by atoms with Gasteiger partial charge in [-0.1, -0.05) is 12.1 Å². The maximum Gasteiger partial charge on any atom is 0.254 e. The highest BCUT2D eigenvalue weighted by Crippen LogP contribution is 2.20. The second kappa shape index (κ2) is 8.21. The fourth-order valence-corrected chi connectivity index (χ4v) is 3.39. The number of hydrogen-bond donors (Lipinski definition) is 0. The van der Waals surface area contributed by atoms with Crippen LogP contribution >= 0.6 is 0 Å². The molecular weight excluding hydrogens is 328 g/mol. The lowest BCUT2D eigenvalue weighted by atomic mass is 9.98. The molecule has 0 N–H and O–H groups in total. The molecule has 1 aliphatic heterocycles. The van der Waals surface area contributed by atoms with E-state index in [0.717, 1.165) is 25.1 Å². The zero-order valence-corrected chi connectivity index (χ0v) is 15.5. The third-order valence-electron chi connectivity index (χ3n) is 4.87. The lowest BCUT2D eigenvalue weighted by Gasteiger charge is -2.32. The van der Waals surface area contributed by atoms with Gasteiger partial charge in [-0.25, -0.2) is 0 Å². The number of pyridine rings is 1. The molecule has 1 aliphatic rings. The molecule has 0 radical (unpaired) electrons. The summed E-state index contributed by atoms with van der Waals surface area (Å²) in [6.07, 6.45) is 3.70. The molecule has 0 unspecified atom stereocenters. The summed E-state index contributed by atoms with van der Waals surface area (Å²) in [7, 11) is 0. The SMILES string of the molecule is CCn1ccc(C(=O)N2CCC[C@H](COc3cccc(C)c3)C2)cc1=O. The Morgan fingerprint density at radius 3 is 2.85 bits per heavy atom. The van der Waals surface area contributed by atoms with Gasteiger partial charge in [0.1, 0.15) is 5.75 Å². The van der Waals surface area contributed by atoms with Crippen molar-refractivity contribution in [1.82, 2.24) is 9.47 Å². The molecule has 5 nitrogen and oxygen atoms in total. The number of aromatic nitrogens is 1. The molecule has 0 bridgehead atoms. The van der Waals surface area contributed by atoms with E-state index < -0.39 is 0 Å². The number of hydrogen-bond acceptors (Lipinski definition) is 3. The fourth-order valence-electron chi connectivity index (χ4n) is 3.39. The second-order valence-corrected chi connectivity index (χ2v) is 6.93. The third-order valence-corrected chi connectivity index (χ3v) is 4.87. The summed E-state index contributed by atoms with van der Waals surface area (Å²) in [4.78, 5) is 26.6. The molecule has 1 amide bonds. The summed E-state index contributed by atoms with van der Waals surface area (Å²) in [5, 5.41) is 0. The van der Waals surface area contributed by atoms with Gasteiger partial charge in [0.05, 0.1) is 6.61 Å². The van der Waals surface area contributed by atoms with Gasteiger partial charge in [-0.3, -0.25) is 9.59 Å². The minimum Gasteiger partial charge on any atom is -0.493 e. The van der Waals surface area contributed by atoms with Crippen LogP contribution in [-0.2, 0) is 6.54 Å². The van der Waals surface area contributed by atoms with Gasteiger partial charge in [-0.15, -0.1) is 0 Å². The molecule has 2 aromatic rings. The van der Waals surface area contributed by atoms with Gasteiger partial charge in [0.25, 0.3) is 11.5 Å². The first kappa shape index (κ1) is 18.2. The first-order valence-electron chi connectivity index (χ1n) is 9.26. The Bertz CT molecular complexity index is 828. The van der Waals surface area contributed by atoms with Gasteiger partial charge in [-0.2, -0.15) is 0 Å². The number of nitrogens with zero attached hydrogens (tertiary/aromatic N) is 2. The largest absolute Gasteiger partial charge is 0.493 e. The molecule has 26 heavy (non-hydrogen) atoms. The third kappa shape index (κ3) is 4.34. The van der Waals surface area contributed by atoms with Crippen LogP contribution in [-0.4, -0.2) is 35.1 Å². The van der Waals surface area contributed by atoms with E-state index in [1.165, 1.54) is 11.6 Å². The molecule has 2 heterocycles. The summed E-state index contributed by atoms with van der Waals surface area (Å²) in [5.74, 6) is 1.12. The van der Waals surface area contributed by atoms with Crippen molar-refractivity contribution in [2.24, 2.45) is 5.92 Å². The molecular formula is C21H26N2O3. The zero-order chi connectivity index (χ0) is 18.5. The Labute approximate surface area is 154 Å². The van der Waals surface area contributed by atoms with Crippen LogP contribution in [0.3, 0.4) is 0 Å². The lowest BCUT2D eigenvalue weighted by Crippen LogP contribution is -2.42. The quantitative estimate of drug-likeness (QED) is 0.829. The van der Waals surface area contributed by atoms with Crippen LogP contribution in [0.5, 0.6) is 5.75 Å². The maximum absolute atomic E-state index is 12.8. The summed E-state index contributed by atoms with van der Waals surface area (Å²) in [5.41, 5.74) is 1.51. The van der Waals surface area contributed by atoms with Crippen molar-refractivity contribution >= 4 is 5.91 Å². The van der Waals surface area contributed by atoms with Crippen LogP contribution in [0.4, 0.5) is 0 Å². The van der Waals surface area contributed by atoms with E-state index in [1.54, 1.807) is 16.8 Å². The molecule has 1 saturated heterocycles. The number of aryl methyl sites for hydroxylation is 2. The predicted molar refractivity (Wildman–Crippen MR) is 102 cm³/mol. The molecule has 3 rings (SSSR count). The number of benzene rings is 1. The molecule has 1 fully saturated rings. The first-order valence-corrected chi connectivity index (χ1v) is 9.26. The number of rotatable bonds is 5. The highest BCUT2D eigenvalue weighted by molar-refractivity contribution is 5.94. The number of carbonyl (C=O) groups is 1. The summed E-state index contributed by atoms with van der Waals surface area (Å²) in [6, 6.07) is 11.2. The van der Waals surface area contributed by atoms with Crippen molar-refractivity contribution in [1.29, 1.82) is 0 Å². The van der Waals surface area contributed by atoms with E-state index >= 15 is 0 Å².